The summed E-state index contributed by atoms with van der Waals surface area (Å²) in [6.45, 7) is 10.2. The molecule has 12 heavy (non-hydrogen) atoms. The molecule has 1 heteroatoms. The predicted molar refractivity (Wildman–Crippen MR) is 54.6 cm³/mol. The van der Waals surface area contributed by atoms with E-state index >= 15 is 0 Å². The van der Waals surface area contributed by atoms with Crippen LogP contribution < -0.4 is 5.32 Å². The number of allylic oxidation sites excluding steroid dienone is 1. The monoisotopic (exact) mass is 165 g/mol. The maximum atomic E-state index is 3.94. The summed E-state index contributed by atoms with van der Waals surface area (Å²) in [6.07, 6.45) is 0.957. The van der Waals surface area contributed by atoms with E-state index in [2.05, 4.69) is 37.6 Å². The highest BCUT2D eigenvalue weighted by Gasteiger charge is 2.12. The first-order valence-electron chi connectivity index (χ1n) is 4.39. The summed E-state index contributed by atoms with van der Waals surface area (Å²) in [7, 11) is 1.91. The summed E-state index contributed by atoms with van der Waals surface area (Å²) in [4.78, 5) is 0. The van der Waals surface area contributed by atoms with Crippen LogP contribution in [0.15, 0.2) is 12.3 Å². The minimum Gasteiger partial charge on any atom is -0.392 e. The normalized spacial score (nSPS) is 14.0. The lowest BCUT2D eigenvalue weighted by Crippen LogP contribution is -2.18. The van der Waals surface area contributed by atoms with Crippen LogP contribution in [0.1, 0.15) is 27.2 Å². The fourth-order valence-electron chi connectivity index (χ4n) is 1.01. The SMILES string of the molecule is C=C(NC)C(C)C(C)CC#CC. The van der Waals surface area contributed by atoms with Crippen LogP contribution in [0.3, 0.4) is 0 Å². The number of nitrogens with one attached hydrogen (secondary N) is 1. The van der Waals surface area contributed by atoms with Gasteiger partial charge in [-0.1, -0.05) is 20.4 Å². The summed E-state index contributed by atoms with van der Waals surface area (Å²) in [5.41, 5.74) is 1.10. The van der Waals surface area contributed by atoms with Gasteiger partial charge in [-0.05, 0) is 18.8 Å². The van der Waals surface area contributed by atoms with Gasteiger partial charge in [0, 0.05) is 19.2 Å². The van der Waals surface area contributed by atoms with Crippen molar-refractivity contribution in [2.45, 2.75) is 27.2 Å². The van der Waals surface area contributed by atoms with Gasteiger partial charge >= 0.3 is 0 Å². The van der Waals surface area contributed by atoms with Gasteiger partial charge in [0.25, 0.3) is 0 Å². The summed E-state index contributed by atoms with van der Waals surface area (Å²) >= 11 is 0. The van der Waals surface area contributed by atoms with Crippen molar-refractivity contribution in [1.29, 1.82) is 0 Å². The molecule has 0 spiro atoms. The fourth-order valence-corrected chi connectivity index (χ4v) is 1.01. The van der Waals surface area contributed by atoms with Gasteiger partial charge in [-0.25, -0.2) is 0 Å². The Balaban J connectivity index is 3.97. The quantitative estimate of drug-likeness (QED) is 0.631. The van der Waals surface area contributed by atoms with Crippen LogP contribution in [-0.2, 0) is 0 Å². The summed E-state index contributed by atoms with van der Waals surface area (Å²) < 4.78 is 0. The average molecular weight is 165 g/mol. The summed E-state index contributed by atoms with van der Waals surface area (Å²) in [5, 5.41) is 3.08. The molecule has 1 N–H and O–H groups in total. The molecule has 0 aromatic carbocycles. The molecule has 0 saturated carbocycles. The lowest BCUT2D eigenvalue weighted by Gasteiger charge is -2.19. The average Bonchev–Trinajstić information content (AvgIpc) is 2.11. The molecule has 0 fully saturated rings. The van der Waals surface area contributed by atoms with Gasteiger partial charge in [0.05, 0.1) is 0 Å². The molecule has 0 aliphatic rings. The zero-order valence-electron chi connectivity index (χ0n) is 8.57. The molecule has 0 aliphatic heterocycles. The largest absolute Gasteiger partial charge is 0.392 e. The van der Waals surface area contributed by atoms with Crippen molar-refractivity contribution in [3.05, 3.63) is 12.3 Å². The van der Waals surface area contributed by atoms with Crippen molar-refractivity contribution in [3.63, 3.8) is 0 Å². The van der Waals surface area contributed by atoms with E-state index in [9.17, 15) is 0 Å². The van der Waals surface area contributed by atoms with Gasteiger partial charge < -0.3 is 5.32 Å². The van der Waals surface area contributed by atoms with E-state index in [-0.39, 0.29) is 0 Å². The third kappa shape index (κ3) is 3.48. The van der Waals surface area contributed by atoms with E-state index < -0.39 is 0 Å². The Labute approximate surface area is 76.2 Å². The highest BCUT2D eigenvalue weighted by molar-refractivity contribution is 5.02. The molecule has 0 bridgehead atoms. The van der Waals surface area contributed by atoms with E-state index in [4.69, 9.17) is 0 Å². The fraction of sp³-hybridized carbons (Fsp3) is 0.636. The molecular weight excluding hydrogens is 146 g/mol. The van der Waals surface area contributed by atoms with E-state index in [1.165, 1.54) is 0 Å². The molecule has 0 aliphatic carbocycles. The van der Waals surface area contributed by atoms with E-state index in [0.29, 0.717) is 11.8 Å². The molecule has 0 amide bonds. The van der Waals surface area contributed by atoms with Crippen molar-refractivity contribution in [3.8, 4) is 11.8 Å². The third-order valence-corrected chi connectivity index (χ3v) is 2.33. The first kappa shape index (κ1) is 11.1. The first-order valence-corrected chi connectivity index (χ1v) is 4.39. The molecule has 0 heterocycles. The highest BCUT2D eigenvalue weighted by Crippen LogP contribution is 2.19. The van der Waals surface area contributed by atoms with Crippen molar-refractivity contribution < 1.29 is 0 Å². The molecule has 0 aromatic rings. The zero-order chi connectivity index (χ0) is 9.56. The highest BCUT2D eigenvalue weighted by atomic mass is 14.8. The summed E-state index contributed by atoms with van der Waals surface area (Å²) in [6, 6.07) is 0. The Morgan fingerprint density at radius 3 is 2.50 bits per heavy atom. The number of hydrogen-bond donors (Lipinski definition) is 1. The first-order chi connectivity index (χ1) is 5.63. The topological polar surface area (TPSA) is 12.0 Å². The molecule has 2 unspecified atom stereocenters. The van der Waals surface area contributed by atoms with Gasteiger partial charge in [-0.15, -0.1) is 11.8 Å². The van der Waals surface area contributed by atoms with Crippen molar-refractivity contribution in [1.82, 2.24) is 5.32 Å². The van der Waals surface area contributed by atoms with Crippen LogP contribution in [0.2, 0.25) is 0 Å². The Hall–Kier alpha value is -0.900. The van der Waals surface area contributed by atoms with Crippen molar-refractivity contribution in [2.24, 2.45) is 11.8 Å². The predicted octanol–water partition coefficient (Wildman–Crippen LogP) is 2.41. The van der Waals surface area contributed by atoms with Gasteiger partial charge in [0.2, 0.25) is 0 Å². The van der Waals surface area contributed by atoms with Crippen molar-refractivity contribution in [2.75, 3.05) is 7.05 Å². The molecular formula is C11H19N. The van der Waals surface area contributed by atoms with Gasteiger partial charge in [0.1, 0.15) is 0 Å². The second-order valence-electron chi connectivity index (χ2n) is 3.17. The molecule has 2 atom stereocenters. The van der Waals surface area contributed by atoms with Crippen LogP contribution in [0.4, 0.5) is 0 Å². The van der Waals surface area contributed by atoms with Crippen LogP contribution in [-0.4, -0.2) is 7.05 Å². The summed E-state index contributed by atoms with van der Waals surface area (Å²) in [5.74, 6) is 7.08. The number of hydrogen-bond acceptors (Lipinski definition) is 1. The Kier molecular flexibility index (Phi) is 5.28. The third-order valence-electron chi connectivity index (χ3n) is 2.33. The molecule has 68 valence electrons. The Bertz CT molecular complexity index is 195. The molecule has 0 radical (unpaired) electrons. The maximum Gasteiger partial charge on any atom is 0.0121 e. The minimum absolute atomic E-state index is 0.496. The van der Waals surface area contributed by atoms with Crippen LogP contribution in [0.5, 0.6) is 0 Å². The van der Waals surface area contributed by atoms with Crippen LogP contribution in [0.25, 0.3) is 0 Å². The Morgan fingerprint density at radius 2 is 2.08 bits per heavy atom. The van der Waals surface area contributed by atoms with Crippen molar-refractivity contribution >= 4 is 0 Å². The minimum atomic E-state index is 0.496. The van der Waals surface area contributed by atoms with Gasteiger partial charge in [-0.2, -0.15) is 0 Å². The standard InChI is InChI=1S/C11H19N/c1-6-7-8-9(2)10(3)11(4)12-5/h9-10,12H,4,8H2,1-3,5H3. The van der Waals surface area contributed by atoms with E-state index in [1.54, 1.807) is 0 Å². The smallest absolute Gasteiger partial charge is 0.0121 e. The Morgan fingerprint density at radius 1 is 1.50 bits per heavy atom. The van der Waals surface area contributed by atoms with E-state index in [0.717, 1.165) is 12.1 Å². The number of rotatable bonds is 4. The van der Waals surface area contributed by atoms with Crippen LogP contribution >= 0.6 is 0 Å². The second kappa shape index (κ2) is 5.71. The van der Waals surface area contributed by atoms with Crippen LogP contribution in [0, 0.1) is 23.7 Å². The molecule has 0 rings (SSSR count). The molecule has 1 nitrogen and oxygen atoms in total. The second-order valence-corrected chi connectivity index (χ2v) is 3.17. The maximum absolute atomic E-state index is 3.94. The van der Waals surface area contributed by atoms with E-state index in [1.807, 2.05) is 14.0 Å². The lowest BCUT2D eigenvalue weighted by molar-refractivity contribution is 0.435. The molecule has 0 saturated heterocycles. The zero-order valence-corrected chi connectivity index (χ0v) is 8.57. The lowest BCUT2D eigenvalue weighted by atomic mass is 9.91. The molecule has 0 aromatic heterocycles. The van der Waals surface area contributed by atoms with Gasteiger partial charge in [-0.3, -0.25) is 0 Å². The van der Waals surface area contributed by atoms with Gasteiger partial charge in [0.15, 0.2) is 0 Å².